The van der Waals surface area contributed by atoms with Crippen LogP contribution in [-0.4, -0.2) is 0 Å². The van der Waals surface area contributed by atoms with Crippen molar-refractivity contribution in [2.24, 2.45) is 29.6 Å². The van der Waals surface area contributed by atoms with Gasteiger partial charge in [-0.05, 0) is 68.4 Å². The van der Waals surface area contributed by atoms with Gasteiger partial charge in [-0.3, -0.25) is 0 Å². The van der Waals surface area contributed by atoms with Crippen LogP contribution in [0.4, 0.5) is 0 Å². The fourth-order valence-corrected chi connectivity index (χ4v) is 4.21. The maximum Gasteiger partial charge on any atom is 2.00 e. The summed E-state index contributed by atoms with van der Waals surface area (Å²) in [4.78, 5) is 0. The standard InChI is InChI=1S/C16H26.2CH3.Ti.2Y/c1-8-9(2)12(5)16-14(7)10(3)13(6)15(16)11(8)4;;;;;/h10,13-16H,1-7H3;2*1H3;;;/q;2*-1;+2;;. The van der Waals surface area contributed by atoms with E-state index in [1.54, 1.807) is 22.3 Å². The molecule has 2 aliphatic carbocycles. The molecule has 3 heteroatoms. The molecule has 2 aliphatic rings. The van der Waals surface area contributed by atoms with Gasteiger partial charge in [0.15, 0.2) is 0 Å². The van der Waals surface area contributed by atoms with Gasteiger partial charge in [0.25, 0.3) is 0 Å². The molecule has 4 atom stereocenters. The van der Waals surface area contributed by atoms with Crippen LogP contribution in [0, 0.1) is 44.4 Å². The predicted molar refractivity (Wildman–Crippen MR) is 84.0 cm³/mol. The van der Waals surface area contributed by atoms with E-state index in [9.17, 15) is 0 Å². The van der Waals surface area contributed by atoms with E-state index in [4.69, 9.17) is 0 Å². The minimum Gasteiger partial charge on any atom is -0.358 e. The third kappa shape index (κ3) is 5.19. The van der Waals surface area contributed by atoms with Crippen LogP contribution in [0.1, 0.15) is 48.5 Å². The fraction of sp³-hybridized carbons (Fsp3) is 0.667. The zero-order valence-electron chi connectivity index (χ0n) is 15.5. The molecule has 0 aromatic carbocycles. The zero-order valence-corrected chi connectivity index (χ0v) is 22.8. The van der Waals surface area contributed by atoms with Crippen LogP contribution in [0.5, 0.6) is 0 Å². The third-order valence-electron chi connectivity index (χ3n) is 5.92. The van der Waals surface area contributed by atoms with Crippen LogP contribution in [0.15, 0.2) is 22.3 Å². The summed E-state index contributed by atoms with van der Waals surface area (Å²) < 4.78 is 0. The Morgan fingerprint density at radius 1 is 0.571 bits per heavy atom. The number of rotatable bonds is 0. The molecule has 0 aromatic rings. The van der Waals surface area contributed by atoms with Gasteiger partial charge in [0.05, 0.1) is 0 Å². The predicted octanol–water partition coefficient (Wildman–Crippen LogP) is 5.72. The molecule has 2 radical (unpaired) electrons. The maximum absolute atomic E-state index is 2.45. The molecule has 1 fully saturated rings. The Morgan fingerprint density at radius 2 is 0.810 bits per heavy atom. The van der Waals surface area contributed by atoms with E-state index >= 15 is 0 Å². The van der Waals surface area contributed by atoms with Crippen LogP contribution in [0.2, 0.25) is 0 Å². The van der Waals surface area contributed by atoms with Gasteiger partial charge >= 0.3 is 21.7 Å². The average Bonchev–Trinajstić information content (AvgIpc) is 2.48. The number of hydrogen-bond donors (Lipinski definition) is 0. The summed E-state index contributed by atoms with van der Waals surface area (Å²) in [5, 5.41) is 0. The van der Waals surface area contributed by atoms with Crippen molar-refractivity contribution in [3.63, 3.8) is 0 Å². The van der Waals surface area contributed by atoms with Crippen molar-refractivity contribution >= 4 is 0 Å². The molecule has 2 rings (SSSR count). The number of hydrogen-bond acceptors (Lipinski definition) is 0. The molecular formula is C18H32TiY2. The number of fused-ring (bicyclic) bond motifs is 1. The average molecular weight is 474 g/mol. The summed E-state index contributed by atoms with van der Waals surface area (Å²) >= 11 is 0. The molecule has 4 unspecified atom stereocenters. The van der Waals surface area contributed by atoms with E-state index in [1.807, 2.05) is 0 Å². The van der Waals surface area contributed by atoms with E-state index in [2.05, 4.69) is 48.5 Å². The van der Waals surface area contributed by atoms with E-state index in [-0.39, 0.29) is 102 Å². The van der Waals surface area contributed by atoms with Gasteiger partial charge in [-0.1, -0.05) is 31.9 Å². The topological polar surface area (TPSA) is 0 Å². The van der Waals surface area contributed by atoms with E-state index in [0.717, 1.165) is 29.6 Å². The molecule has 1 saturated carbocycles. The first kappa shape index (κ1) is 31.2. The molecule has 21 heavy (non-hydrogen) atoms. The molecule has 0 saturated heterocycles. The first-order valence-corrected chi connectivity index (χ1v) is 6.73. The zero-order chi connectivity index (χ0) is 12.2. The summed E-state index contributed by atoms with van der Waals surface area (Å²) in [5.74, 6) is 4.18. The molecule has 0 N–H and O–H groups in total. The van der Waals surface area contributed by atoms with Crippen LogP contribution < -0.4 is 0 Å². The van der Waals surface area contributed by atoms with E-state index < -0.39 is 0 Å². The summed E-state index contributed by atoms with van der Waals surface area (Å²) in [6.07, 6.45) is 0. The molecule has 0 aliphatic heterocycles. The van der Waals surface area contributed by atoms with Crippen molar-refractivity contribution in [2.45, 2.75) is 48.5 Å². The van der Waals surface area contributed by atoms with E-state index in [0.29, 0.717) is 0 Å². The van der Waals surface area contributed by atoms with Crippen molar-refractivity contribution in [3.05, 3.63) is 37.1 Å². The molecule has 114 valence electrons. The Morgan fingerprint density at radius 3 is 1.05 bits per heavy atom. The van der Waals surface area contributed by atoms with Crippen molar-refractivity contribution in [1.29, 1.82) is 0 Å². The van der Waals surface area contributed by atoms with Gasteiger partial charge in [0, 0.05) is 65.4 Å². The second-order valence-electron chi connectivity index (χ2n) is 6.24. The molecule has 0 bridgehead atoms. The van der Waals surface area contributed by atoms with Crippen LogP contribution >= 0.6 is 0 Å². The first-order chi connectivity index (χ1) is 7.37. The van der Waals surface area contributed by atoms with Crippen molar-refractivity contribution in [3.8, 4) is 0 Å². The minimum atomic E-state index is 0. The largest absolute Gasteiger partial charge is 2.00 e. The summed E-state index contributed by atoms with van der Waals surface area (Å²) in [6, 6.07) is 0. The van der Waals surface area contributed by atoms with Crippen molar-refractivity contribution in [2.75, 3.05) is 0 Å². The molecule has 0 heterocycles. The van der Waals surface area contributed by atoms with Crippen LogP contribution in [0.3, 0.4) is 0 Å². The second kappa shape index (κ2) is 11.9. The Bertz CT molecular complexity index is 349. The Labute approximate surface area is 199 Å². The van der Waals surface area contributed by atoms with Crippen LogP contribution in [-0.2, 0) is 87.1 Å². The molecule has 0 aromatic heterocycles. The summed E-state index contributed by atoms with van der Waals surface area (Å²) in [7, 11) is 0. The Hall–Kier alpha value is 2.40. The van der Waals surface area contributed by atoms with Crippen molar-refractivity contribution in [1.82, 2.24) is 0 Å². The SMILES string of the molecule is CC1=C(C)C2C(C)C(C)C(C)C2C(C)=C1C.[CH3-].[CH3-].[Ti+2].[Y].[Y]. The monoisotopic (exact) mass is 474 g/mol. The minimum absolute atomic E-state index is 0. The second-order valence-corrected chi connectivity index (χ2v) is 6.24. The molecular weight excluding hydrogens is 442 g/mol. The van der Waals surface area contributed by atoms with Gasteiger partial charge in [0.1, 0.15) is 0 Å². The van der Waals surface area contributed by atoms with Gasteiger partial charge in [-0.25, -0.2) is 0 Å². The Kier molecular flexibility index (Phi) is 17.6. The first-order valence-electron chi connectivity index (χ1n) is 6.73. The Balaban J connectivity index is -0.000000289. The van der Waals surface area contributed by atoms with Crippen molar-refractivity contribution < 1.29 is 87.1 Å². The number of allylic oxidation sites excluding steroid dienone is 4. The van der Waals surface area contributed by atoms with E-state index in [1.165, 1.54) is 0 Å². The summed E-state index contributed by atoms with van der Waals surface area (Å²) in [5.41, 5.74) is 6.45. The van der Waals surface area contributed by atoms with Gasteiger partial charge in [-0.15, -0.1) is 0 Å². The van der Waals surface area contributed by atoms with Crippen LogP contribution in [0.25, 0.3) is 0 Å². The molecule has 0 amide bonds. The molecule has 0 nitrogen and oxygen atoms in total. The van der Waals surface area contributed by atoms with Gasteiger partial charge < -0.3 is 14.9 Å². The smallest absolute Gasteiger partial charge is 0.358 e. The normalized spacial score (nSPS) is 33.6. The fourth-order valence-electron chi connectivity index (χ4n) is 4.21. The van der Waals surface area contributed by atoms with Gasteiger partial charge in [0.2, 0.25) is 0 Å². The molecule has 0 spiro atoms. The van der Waals surface area contributed by atoms with Gasteiger partial charge in [-0.2, -0.15) is 0 Å². The quantitative estimate of drug-likeness (QED) is 0.312. The third-order valence-corrected chi connectivity index (χ3v) is 5.92. The maximum atomic E-state index is 2.45. The summed E-state index contributed by atoms with van der Waals surface area (Å²) in [6.45, 7) is 16.7.